The molecule has 0 fully saturated rings. The number of aryl methyl sites for hydroxylation is 1. The van der Waals surface area contributed by atoms with E-state index in [4.69, 9.17) is 10.9 Å². The zero-order chi connectivity index (χ0) is 15.0. The Labute approximate surface area is 122 Å². The topological polar surface area (TPSA) is 87.6 Å². The van der Waals surface area contributed by atoms with Gasteiger partial charge in [0.25, 0.3) is 0 Å². The van der Waals surface area contributed by atoms with Crippen molar-refractivity contribution in [1.82, 2.24) is 10.2 Å². The standard InChI is InChI=1S/C15H17N5O/c1-9-10(2)17-18-15(13(9)14(16)19-21)20-7-11-5-3-4-6-12(11)8-20/h3-6,21H,7-8H2,1-2H3,(H2,16,19). The molecule has 3 N–H and O–H groups in total. The van der Waals surface area contributed by atoms with E-state index in [9.17, 15) is 0 Å². The number of aromatic nitrogens is 2. The number of hydrogen-bond donors (Lipinski definition) is 2. The molecule has 1 aliphatic heterocycles. The fourth-order valence-electron chi connectivity index (χ4n) is 2.66. The average Bonchev–Trinajstić information content (AvgIpc) is 2.92. The first kappa shape index (κ1) is 13.4. The molecule has 1 aliphatic rings. The molecule has 2 aromatic rings. The quantitative estimate of drug-likeness (QED) is 0.379. The third-order valence-corrected chi connectivity index (χ3v) is 3.94. The largest absolute Gasteiger partial charge is 0.409 e. The number of hydrogen-bond acceptors (Lipinski definition) is 5. The maximum absolute atomic E-state index is 9.04. The van der Waals surface area contributed by atoms with Gasteiger partial charge in [0.05, 0.1) is 11.3 Å². The van der Waals surface area contributed by atoms with Crippen LogP contribution in [0.1, 0.15) is 27.9 Å². The first-order valence-electron chi connectivity index (χ1n) is 6.75. The Morgan fingerprint density at radius 1 is 1.19 bits per heavy atom. The fraction of sp³-hybridized carbons (Fsp3) is 0.267. The molecule has 0 saturated carbocycles. The second kappa shape index (κ2) is 5.05. The summed E-state index contributed by atoms with van der Waals surface area (Å²) < 4.78 is 0. The third-order valence-electron chi connectivity index (χ3n) is 3.94. The van der Waals surface area contributed by atoms with Crippen LogP contribution in [0.2, 0.25) is 0 Å². The highest BCUT2D eigenvalue weighted by Gasteiger charge is 2.25. The van der Waals surface area contributed by atoms with Gasteiger partial charge in [-0.1, -0.05) is 29.4 Å². The summed E-state index contributed by atoms with van der Waals surface area (Å²) in [4.78, 5) is 2.09. The molecule has 0 bridgehead atoms. The van der Waals surface area contributed by atoms with E-state index >= 15 is 0 Å². The van der Waals surface area contributed by atoms with Gasteiger partial charge in [-0.05, 0) is 30.5 Å². The van der Waals surface area contributed by atoms with Crippen molar-refractivity contribution >= 4 is 11.7 Å². The van der Waals surface area contributed by atoms with Crippen molar-refractivity contribution in [3.8, 4) is 0 Å². The first-order chi connectivity index (χ1) is 10.1. The highest BCUT2D eigenvalue weighted by molar-refractivity contribution is 6.02. The van der Waals surface area contributed by atoms with Crippen LogP contribution in [0, 0.1) is 13.8 Å². The molecular formula is C15H17N5O. The van der Waals surface area contributed by atoms with E-state index in [-0.39, 0.29) is 5.84 Å². The molecule has 0 radical (unpaired) electrons. The molecule has 3 rings (SSSR count). The van der Waals surface area contributed by atoms with Crippen LogP contribution in [0.15, 0.2) is 29.4 Å². The predicted octanol–water partition coefficient (Wildman–Crippen LogP) is 1.71. The molecule has 0 amide bonds. The molecule has 1 aromatic heterocycles. The third kappa shape index (κ3) is 2.18. The smallest absolute Gasteiger partial charge is 0.174 e. The maximum Gasteiger partial charge on any atom is 0.174 e. The van der Waals surface area contributed by atoms with Crippen molar-refractivity contribution in [1.29, 1.82) is 0 Å². The predicted molar refractivity (Wildman–Crippen MR) is 80.3 cm³/mol. The van der Waals surface area contributed by atoms with Crippen molar-refractivity contribution in [3.05, 3.63) is 52.2 Å². The van der Waals surface area contributed by atoms with Gasteiger partial charge in [-0.2, -0.15) is 5.10 Å². The second-order valence-electron chi connectivity index (χ2n) is 5.22. The minimum Gasteiger partial charge on any atom is -0.409 e. The van der Waals surface area contributed by atoms with Gasteiger partial charge in [0, 0.05) is 13.1 Å². The van der Waals surface area contributed by atoms with Crippen LogP contribution in [0.4, 0.5) is 5.82 Å². The lowest BCUT2D eigenvalue weighted by Crippen LogP contribution is -2.25. The first-order valence-corrected chi connectivity index (χ1v) is 6.75. The molecule has 0 atom stereocenters. The molecule has 0 saturated heterocycles. The molecule has 2 heterocycles. The summed E-state index contributed by atoms with van der Waals surface area (Å²) in [5.41, 5.74) is 10.7. The number of rotatable bonds is 2. The van der Waals surface area contributed by atoms with Crippen LogP contribution >= 0.6 is 0 Å². The summed E-state index contributed by atoms with van der Waals surface area (Å²) >= 11 is 0. The van der Waals surface area contributed by atoms with Crippen LogP contribution in [-0.4, -0.2) is 21.2 Å². The molecule has 21 heavy (non-hydrogen) atoms. The van der Waals surface area contributed by atoms with Crippen LogP contribution in [-0.2, 0) is 13.1 Å². The molecule has 6 heteroatoms. The van der Waals surface area contributed by atoms with Gasteiger partial charge in [-0.15, -0.1) is 5.10 Å². The van der Waals surface area contributed by atoms with Gasteiger partial charge in [-0.3, -0.25) is 0 Å². The Bertz CT molecular complexity index is 701. The molecule has 0 aliphatic carbocycles. The zero-order valence-corrected chi connectivity index (χ0v) is 12.0. The summed E-state index contributed by atoms with van der Waals surface area (Å²) in [5, 5.41) is 20.6. The van der Waals surface area contributed by atoms with Crippen molar-refractivity contribution < 1.29 is 5.21 Å². The average molecular weight is 283 g/mol. The molecule has 0 spiro atoms. The number of benzene rings is 1. The van der Waals surface area contributed by atoms with Crippen molar-refractivity contribution in [3.63, 3.8) is 0 Å². The van der Waals surface area contributed by atoms with Gasteiger partial charge < -0.3 is 15.8 Å². The Morgan fingerprint density at radius 2 is 1.81 bits per heavy atom. The van der Waals surface area contributed by atoms with E-state index in [1.54, 1.807) is 0 Å². The summed E-state index contributed by atoms with van der Waals surface area (Å²) in [5.74, 6) is 0.723. The van der Waals surface area contributed by atoms with Crippen molar-refractivity contribution in [2.45, 2.75) is 26.9 Å². The number of nitrogens with two attached hydrogens (primary N) is 1. The van der Waals surface area contributed by atoms with Gasteiger partial charge in [0.1, 0.15) is 0 Å². The Morgan fingerprint density at radius 3 is 2.38 bits per heavy atom. The molecule has 108 valence electrons. The van der Waals surface area contributed by atoms with Crippen LogP contribution in [0.3, 0.4) is 0 Å². The highest BCUT2D eigenvalue weighted by Crippen LogP contribution is 2.30. The minimum absolute atomic E-state index is 0.0662. The van der Waals surface area contributed by atoms with Gasteiger partial charge in [0.2, 0.25) is 0 Å². The lowest BCUT2D eigenvalue weighted by Gasteiger charge is -2.20. The van der Waals surface area contributed by atoms with E-state index in [1.807, 2.05) is 26.0 Å². The Hall–Kier alpha value is -2.63. The Balaban J connectivity index is 2.07. The summed E-state index contributed by atoms with van der Waals surface area (Å²) in [6.45, 7) is 5.27. The van der Waals surface area contributed by atoms with E-state index in [1.165, 1.54) is 11.1 Å². The van der Waals surface area contributed by atoms with E-state index in [0.717, 1.165) is 24.3 Å². The molecule has 0 unspecified atom stereocenters. The molecular weight excluding hydrogens is 266 g/mol. The molecule has 1 aromatic carbocycles. The number of oxime groups is 1. The normalized spacial score (nSPS) is 14.4. The lowest BCUT2D eigenvalue weighted by atomic mass is 10.1. The van der Waals surface area contributed by atoms with Crippen molar-refractivity contribution in [2.75, 3.05) is 4.90 Å². The summed E-state index contributed by atoms with van der Waals surface area (Å²) in [6.07, 6.45) is 0. The van der Waals surface area contributed by atoms with Gasteiger partial charge in [0.15, 0.2) is 11.7 Å². The number of fused-ring (bicyclic) bond motifs is 1. The second-order valence-corrected chi connectivity index (χ2v) is 5.22. The number of amidine groups is 1. The van der Waals surface area contributed by atoms with E-state index in [2.05, 4.69) is 32.4 Å². The fourth-order valence-corrected chi connectivity index (χ4v) is 2.66. The summed E-state index contributed by atoms with van der Waals surface area (Å²) in [7, 11) is 0. The van der Waals surface area contributed by atoms with Gasteiger partial charge >= 0.3 is 0 Å². The Kier molecular flexibility index (Phi) is 3.21. The van der Waals surface area contributed by atoms with E-state index < -0.39 is 0 Å². The molecule has 6 nitrogen and oxygen atoms in total. The highest BCUT2D eigenvalue weighted by atomic mass is 16.4. The van der Waals surface area contributed by atoms with Crippen molar-refractivity contribution in [2.24, 2.45) is 10.9 Å². The number of anilines is 1. The van der Waals surface area contributed by atoms with Crippen LogP contribution in [0.25, 0.3) is 0 Å². The van der Waals surface area contributed by atoms with Gasteiger partial charge in [-0.25, -0.2) is 0 Å². The minimum atomic E-state index is 0.0662. The number of nitrogens with zero attached hydrogens (tertiary/aromatic N) is 4. The SMILES string of the molecule is Cc1nnc(N2Cc3ccccc3C2)c(C(N)=NO)c1C. The monoisotopic (exact) mass is 283 g/mol. The van der Waals surface area contributed by atoms with E-state index in [0.29, 0.717) is 11.4 Å². The van der Waals surface area contributed by atoms with Crippen LogP contribution < -0.4 is 10.6 Å². The lowest BCUT2D eigenvalue weighted by molar-refractivity contribution is 0.318. The maximum atomic E-state index is 9.04. The zero-order valence-electron chi connectivity index (χ0n) is 12.0. The summed E-state index contributed by atoms with van der Waals surface area (Å²) in [6, 6.07) is 8.26. The van der Waals surface area contributed by atoms with Crippen LogP contribution in [0.5, 0.6) is 0 Å².